The van der Waals surface area contributed by atoms with Gasteiger partial charge in [0.1, 0.15) is 11.6 Å². The van der Waals surface area contributed by atoms with E-state index in [2.05, 4.69) is 4.98 Å². The summed E-state index contributed by atoms with van der Waals surface area (Å²) in [6.07, 6.45) is 3.18. The van der Waals surface area contributed by atoms with Crippen LogP contribution >= 0.6 is 0 Å². The number of rotatable bonds is 3. The summed E-state index contributed by atoms with van der Waals surface area (Å²) in [5.74, 6) is -2.41. The molecule has 0 saturated carbocycles. The molecule has 0 aliphatic carbocycles. The van der Waals surface area contributed by atoms with E-state index in [0.29, 0.717) is 25.6 Å². The number of amides is 2. The van der Waals surface area contributed by atoms with Gasteiger partial charge in [-0.2, -0.15) is 0 Å². The highest BCUT2D eigenvalue weighted by atomic mass is 19.1. The molecular weight excluding hydrogens is 352 g/mol. The Morgan fingerprint density at radius 2 is 2.00 bits per heavy atom. The van der Waals surface area contributed by atoms with Crippen LogP contribution in [0.2, 0.25) is 0 Å². The van der Waals surface area contributed by atoms with Gasteiger partial charge in [0.2, 0.25) is 5.91 Å². The van der Waals surface area contributed by atoms with E-state index in [0.717, 1.165) is 24.2 Å². The Labute approximate surface area is 155 Å². The van der Waals surface area contributed by atoms with Gasteiger partial charge in [-0.05, 0) is 37.1 Å². The number of aromatic nitrogens is 1. The van der Waals surface area contributed by atoms with Gasteiger partial charge in [0.25, 0.3) is 5.91 Å². The molecule has 7 heteroatoms. The van der Waals surface area contributed by atoms with Crippen molar-refractivity contribution in [2.45, 2.75) is 25.4 Å². The summed E-state index contributed by atoms with van der Waals surface area (Å²) in [4.78, 5) is 33.2. The molecule has 5 nitrogen and oxygen atoms in total. The monoisotopic (exact) mass is 371 g/mol. The van der Waals surface area contributed by atoms with Crippen LogP contribution in [-0.2, 0) is 11.3 Å². The first-order valence-electron chi connectivity index (χ1n) is 8.97. The number of piperidine rings is 1. The highest BCUT2D eigenvalue weighted by Crippen LogP contribution is 2.31. The lowest BCUT2D eigenvalue weighted by Gasteiger charge is -2.35. The number of nitrogens with zero attached hydrogens (tertiary/aromatic N) is 3. The van der Waals surface area contributed by atoms with Crippen molar-refractivity contribution >= 4 is 11.8 Å². The lowest BCUT2D eigenvalue weighted by Crippen LogP contribution is -2.47. The number of pyridine rings is 1. The van der Waals surface area contributed by atoms with Crippen molar-refractivity contribution in [2.75, 3.05) is 13.1 Å². The maximum atomic E-state index is 14.0. The summed E-state index contributed by atoms with van der Waals surface area (Å²) in [5.41, 5.74) is 0.627. The molecule has 2 aromatic rings. The normalized spacial score (nSPS) is 22.1. The van der Waals surface area contributed by atoms with E-state index in [1.165, 1.54) is 4.90 Å². The molecule has 140 valence electrons. The largest absolute Gasteiger partial charge is 0.336 e. The van der Waals surface area contributed by atoms with E-state index in [1.807, 2.05) is 18.2 Å². The zero-order valence-corrected chi connectivity index (χ0v) is 14.6. The van der Waals surface area contributed by atoms with E-state index in [4.69, 9.17) is 0 Å². The predicted molar refractivity (Wildman–Crippen MR) is 93.6 cm³/mol. The van der Waals surface area contributed by atoms with Crippen molar-refractivity contribution in [3.8, 4) is 0 Å². The van der Waals surface area contributed by atoms with E-state index < -0.39 is 17.5 Å². The summed E-state index contributed by atoms with van der Waals surface area (Å²) in [6.45, 7) is 0.988. The molecule has 3 aliphatic heterocycles. The van der Waals surface area contributed by atoms with Gasteiger partial charge in [-0.15, -0.1) is 0 Å². The lowest BCUT2D eigenvalue weighted by molar-refractivity contribution is -0.140. The molecule has 3 fully saturated rings. The molecule has 0 radical (unpaired) electrons. The third-order valence-corrected chi connectivity index (χ3v) is 5.30. The van der Waals surface area contributed by atoms with Crippen molar-refractivity contribution in [1.29, 1.82) is 0 Å². The van der Waals surface area contributed by atoms with Crippen molar-refractivity contribution in [2.24, 2.45) is 5.92 Å². The Balaban J connectivity index is 1.57. The number of halogens is 2. The molecule has 27 heavy (non-hydrogen) atoms. The fraction of sp³-hybridized carbons (Fsp3) is 0.350. The SMILES string of the molecule is O=C(c1ccc(F)cc1F)N1C[C@@H]2CC[C@H](C1)N(Cc1ccccn1)C2=O. The molecule has 0 N–H and O–H groups in total. The second-order valence-electron chi connectivity index (χ2n) is 7.05. The van der Waals surface area contributed by atoms with Crippen LogP contribution in [0.25, 0.3) is 0 Å². The maximum Gasteiger partial charge on any atom is 0.256 e. The smallest absolute Gasteiger partial charge is 0.256 e. The highest BCUT2D eigenvalue weighted by Gasteiger charge is 2.42. The fourth-order valence-corrected chi connectivity index (χ4v) is 3.91. The molecule has 3 aliphatic rings. The summed E-state index contributed by atoms with van der Waals surface area (Å²) < 4.78 is 27.2. The van der Waals surface area contributed by atoms with Gasteiger partial charge in [0.15, 0.2) is 0 Å². The minimum Gasteiger partial charge on any atom is -0.336 e. The first-order chi connectivity index (χ1) is 13.0. The second kappa shape index (κ2) is 7.06. The quantitative estimate of drug-likeness (QED) is 0.834. The molecule has 3 saturated heterocycles. The van der Waals surface area contributed by atoms with Gasteiger partial charge in [0.05, 0.1) is 23.7 Å². The molecule has 0 unspecified atom stereocenters. The van der Waals surface area contributed by atoms with Gasteiger partial charge in [-0.1, -0.05) is 6.07 Å². The number of carbonyl (C=O) groups excluding carboxylic acids is 2. The van der Waals surface area contributed by atoms with Crippen LogP contribution in [0.1, 0.15) is 28.9 Å². The van der Waals surface area contributed by atoms with E-state index in [1.54, 1.807) is 11.1 Å². The standard InChI is InChI=1S/C20H19F2N3O2/c21-14-5-7-17(18(22)9-14)20(27)24-10-13-4-6-16(12-24)25(19(13)26)11-15-3-1-2-8-23-15/h1-3,5,7-9,13,16H,4,6,10-12H2/t13-,16+/m0/s1. The van der Waals surface area contributed by atoms with Crippen LogP contribution in [0.4, 0.5) is 8.78 Å². The molecule has 1 aromatic heterocycles. The van der Waals surface area contributed by atoms with Crippen LogP contribution in [0.3, 0.4) is 0 Å². The minimum atomic E-state index is -0.881. The molecule has 2 atom stereocenters. The van der Waals surface area contributed by atoms with Crippen molar-refractivity contribution in [1.82, 2.24) is 14.8 Å². The zero-order chi connectivity index (χ0) is 19.0. The first-order valence-corrected chi connectivity index (χ1v) is 8.97. The Kier molecular flexibility index (Phi) is 4.59. The molecule has 4 heterocycles. The maximum absolute atomic E-state index is 14.0. The van der Waals surface area contributed by atoms with Gasteiger partial charge in [0, 0.05) is 31.4 Å². The average Bonchev–Trinajstić information content (AvgIpc) is 2.95. The summed E-state index contributed by atoms with van der Waals surface area (Å²) >= 11 is 0. The van der Waals surface area contributed by atoms with E-state index in [-0.39, 0.29) is 30.0 Å². The molecule has 2 bridgehead atoms. The summed E-state index contributed by atoms with van der Waals surface area (Å²) in [6, 6.07) is 8.36. The highest BCUT2D eigenvalue weighted by molar-refractivity contribution is 5.95. The van der Waals surface area contributed by atoms with Crippen molar-refractivity contribution < 1.29 is 18.4 Å². The molecule has 5 rings (SSSR count). The Morgan fingerprint density at radius 1 is 1.15 bits per heavy atom. The lowest BCUT2D eigenvalue weighted by atomic mass is 9.94. The molecule has 0 spiro atoms. The number of benzene rings is 1. The van der Waals surface area contributed by atoms with Crippen LogP contribution < -0.4 is 0 Å². The first kappa shape index (κ1) is 17.6. The van der Waals surface area contributed by atoms with Crippen LogP contribution in [0, 0.1) is 17.6 Å². The van der Waals surface area contributed by atoms with Crippen molar-refractivity contribution in [3.63, 3.8) is 0 Å². The number of fused-ring (bicyclic) bond motifs is 4. The van der Waals surface area contributed by atoms with Crippen molar-refractivity contribution in [3.05, 3.63) is 65.5 Å². The zero-order valence-electron chi connectivity index (χ0n) is 14.6. The van der Waals surface area contributed by atoms with Gasteiger partial charge < -0.3 is 9.80 Å². The Hall–Kier alpha value is -2.83. The van der Waals surface area contributed by atoms with E-state index in [9.17, 15) is 18.4 Å². The van der Waals surface area contributed by atoms with Crippen LogP contribution in [-0.4, -0.2) is 45.7 Å². The van der Waals surface area contributed by atoms with Gasteiger partial charge in [-0.25, -0.2) is 8.78 Å². The third-order valence-electron chi connectivity index (χ3n) is 5.30. The molecular formula is C20H19F2N3O2. The topological polar surface area (TPSA) is 53.5 Å². The number of hydrogen-bond donors (Lipinski definition) is 0. The summed E-state index contributed by atoms with van der Waals surface area (Å²) in [7, 11) is 0. The van der Waals surface area contributed by atoms with Gasteiger partial charge >= 0.3 is 0 Å². The van der Waals surface area contributed by atoms with Crippen LogP contribution in [0.15, 0.2) is 42.6 Å². The van der Waals surface area contributed by atoms with E-state index >= 15 is 0 Å². The number of carbonyl (C=O) groups is 2. The minimum absolute atomic E-state index is 0.00628. The second-order valence-corrected chi connectivity index (χ2v) is 7.05. The third kappa shape index (κ3) is 3.41. The number of hydrogen-bond acceptors (Lipinski definition) is 3. The van der Waals surface area contributed by atoms with Gasteiger partial charge in [-0.3, -0.25) is 14.6 Å². The fourth-order valence-electron chi connectivity index (χ4n) is 3.91. The molecule has 2 amide bonds. The Morgan fingerprint density at radius 3 is 2.74 bits per heavy atom. The summed E-state index contributed by atoms with van der Waals surface area (Å²) in [5, 5.41) is 0. The predicted octanol–water partition coefficient (Wildman–Crippen LogP) is 2.62. The van der Waals surface area contributed by atoms with Crippen LogP contribution in [0.5, 0.6) is 0 Å². The molecule has 1 aromatic carbocycles. The average molecular weight is 371 g/mol. The Bertz CT molecular complexity index is 875.